The van der Waals surface area contributed by atoms with Gasteiger partial charge in [-0.25, -0.2) is 14.5 Å². The fourth-order valence-electron chi connectivity index (χ4n) is 5.15. The van der Waals surface area contributed by atoms with Gasteiger partial charge in [-0.1, -0.05) is 55.1 Å². The molecule has 2 heterocycles. The molecule has 4 aromatic rings. The topological polar surface area (TPSA) is 122 Å². The average molecular weight is 694 g/mol. The second-order valence-electron chi connectivity index (χ2n) is 11.3. The second kappa shape index (κ2) is 14.9. The van der Waals surface area contributed by atoms with Gasteiger partial charge < -0.3 is 15.0 Å². The van der Waals surface area contributed by atoms with E-state index in [4.69, 9.17) is 0 Å². The van der Waals surface area contributed by atoms with E-state index in [-0.39, 0.29) is 28.5 Å². The van der Waals surface area contributed by atoms with Crippen LogP contribution in [0, 0.1) is 6.92 Å². The van der Waals surface area contributed by atoms with E-state index < -0.39 is 18.6 Å². The van der Waals surface area contributed by atoms with Gasteiger partial charge in [0.1, 0.15) is 18.2 Å². The van der Waals surface area contributed by atoms with Crippen LogP contribution in [0.5, 0.6) is 5.75 Å². The number of nitrogens with zero attached hydrogens (tertiary/aromatic N) is 6. The van der Waals surface area contributed by atoms with E-state index >= 15 is 0 Å². The summed E-state index contributed by atoms with van der Waals surface area (Å²) in [6, 6.07) is 17.9. The molecule has 1 N–H and O–H groups in total. The van der Waals surface area contributed by atoms with Crippen LogP contribution in [0.3, 0.4) is 0 Å². The third kappa shape index (κ3) is 8.84. The van der Waals surface area contributed by atoms with E-state index in [9.17, 15) is 27.6 Å². The number of rotatable bonds is 10. The van der Waals surface area contributed by atoms with Crippen LogP contribution in [-0.4, -0.2) is 68.0 Å². The van der Waals surface area contributed by atoms with E-state index in [0.29, 0.717) is 42.0 Å². The summed E-state index contributed by atoms with van der Waals surface area (Å²) in [6.45, 7) is 5.35. The number of alkyl halides is 3. The second-order valence-corrected chi connectivity index (χ2v) is 12.2. The number of carbonyl (C=O) groups excluding carboxylic acids is 3. The molecule has 256 valence electrons. The molecule has 0 bridgehead atoms. The summed E-state index contributed by atoms with van der Waals surface area (Å²) < 4.78 is 42.7. The fourth-order valence-corrected chi connectivity index (χ4v) is 6.01. The Morgan fingerprint density at radius 3 is 2.47 bits per heavy atom. The number of aryl methyl sites for hydroxylation is 3. The summed E-state index contributed by atoms with van der Waals surface area (Å²) >= 11 is 1.19. The SMILES string of the molecule is CCc1ccc(C)cc1N1C(=O)CSC1=NC(=O)NC(CCc1ccc(-c2ncn(-c3ccc(OC(F)(F)F)cc3)n2)cc1)N(C)C(C)=O. The molecule has 3 aromatic carbocycles. The highest BCUT2D eigenvalue weighted by atomic mass is 32.2. The predicted molar refractivity (Wildman–Crippen MR) is 180 cm³/mol. The van der Waals surface area contributed by atoms with Crippen molar-refractivity contribution >= 4 is 40.5 Å². The van der Waals surface area contributed by atoms with Gasteiger partial charge in [-0.3, -0.25) is 14.5 Å². The zero-order valence-corrected chi connectivity index (χ0v) is 28.0. The molecule has 0 saturated carbocycles. The number of hydrogen-bond donors (Lipinski definition) is 1. The molecule has 4 amide bonds. The average Bonchev–Trinajstić information content (AvgIpc) is 3.69. The highest BCUT2D eigenvalue weighted by molar-refractivity contribution is 8.15. The van der Waals surface area contributed by atoms with Crippen LogP contribution in [0.25, 0.3) is 17.1 Å². The summed E-state index contributed by atoms with van der Waals surface area (Å²) in [4.78, 5) is 49.8. The van der Waals surface area contributed by atoms with E-state index in [1.54, 1.807) is 7.05 Å². The van der Waals surface area contributed by atoms with Crippen molar-refractivity contribution < 1.29 is 32.3 Å². The largest absolute Gasteiger partial charge is 0.573 e. The Kier molecular flexibility index (Phi) is 10.7. The molecule has 1 aliphatic heterocycles. The maximum absolute atomic E-state index is 13.2. The maximum atomic E-state index is 13.2. The Labute approximate surface area is 285 Å². The smallest absolute Gasteiger partial charge is 0.406 e. The predicted octanol–water partition coefficient (Wildman–Crippen LogP) is 6.29. The van der Waals surface area contributed by atoms with Gasteiger partial charge in [-0.15, -0.1) is 18.3 Å². The van der Waals surface area contributed by atoms with Gasteiger partial charge in [0.15, 0.2) is 11.0 Å². The van der Waals surface area contributed by atoms with Gasteiger partial charge in [0.05, 0.1) is 17.1 Å². The van der Waals surface area contributed by atoms with Crippen molar-refractivity contribution in [3.05, 3.63) is 89.7 Å². The number of nitrogens with one attached hydrogen (secondary N) is 1. The lowest BCUT2D eigenvalue weighted by Crippen LogP contribution is -2.48. The molecule has 1 fully saturated rings. The number of aromatic nitrogens is 3. The molecule has 1 aliphatic rings. The van der Waals surface area contributed by atoms with Crippen molar-refractivity contribution in [2.24, 2.45) is 4.99 Å². The molecule has 1 atom stereocenters. The Hall–Kier alpha value is -5.18. The van der Waals surface area contributed by atoms with Crippen molar-refractivity contribution in [3.8, 4) is 22.8 Å². The van der Waals surface area contributed by atoms with Crippen LogP contribution in [0.4, 0.5) is 23.7 Å². The van der Waals surface area contributed by atoms with Gasteiger partial charge in [-0.05, 0) is 73.2 Å². The molecular formula is C34H34F3N7O4S. The number of benzene rings is 3. The number of amides is 4. The first-order chi connectivity index (χ1) is 23.3. The van der Waals surface area contributed by atoms with Gasteiger partial charge in [0.25, 0.3) is 0 Å². The van der Waals surface area contributed by atoms with Crippen LogP contribution in [0.15, 0.2) is 78.0 Å². The Morgan fingerprint density at radius 1 is 1.10 bits per heavy atom. The third-order valence-electron chi connectivity index (χ3n) is 7.82. The zero-order chi connectivity index (χ0) is 35.3. The molecule has 0 aliphatic carbocycles. The van der Waals surface area contributed by atoms with Gasteiger partial charge >= 0.3 is 12.4 Å². The van der Waals surface area contributed by atoms with Crippen molar-refractivity contribution in [2.45, 2.75) is 52.6 Å². The van der Waals surface area contributed by atoms with E-state index in [0.717, 1.165) is 16.7 Å². The molecule has 0 radical (unpaired) electrons. The van der Waals surface area contributed by atoms with Crippen molar-refractivity contribution in [1.82, 2.24) is 25.0 Å². The molecule has 15 heteroatoms. The minimum absolute atomic E-state index is 0.159. The van der Waals surface area contributed by atoms with Crippen LogP contribution >= 0.6 is 11.8 Å². The monoisotopic (exact) mass is 693 g/mol. The standard InChI is InChI=1S/C34H34F3N7O4S/c1-5-24-10-6-21(2)18-28(24)44-30(46)19-49-33(44)40-32(47)39-29(42(4)22(3)45)17-9-23-7-11-25(12-8-23)31-38-20-43(41-31)26-13-15-27(16-14-26)48-34(35,36)37/h6-8,10-16,18,20,29H,5,9,17,19H2,1-4H3,(H,39,47). The number of thioether (sulfide) groups is 1. The summed E-state index contributed by atoms with van der Waals surface area (Å²) in [5, 5.41) is 7.55. The number of hydrogen-bond acceptors (Lipinski definition) is 7. The molecule has 0 spiro atoms. The van der Waals surface area contributed by atoms with E-state index in [1.807, 2.05) is 56.3 Å². The quantitative estimate of drug-likeness (QED) is 0.194. The first kappa shape index (κ1) is 35.1. The molecule has 5 rings (SSSR count). The summed E-state index contributed by atoms with van der Waals surface area (Å²) in [6.07, 6.45) is -2.38. The lowest BCUT2D eigenvalue weighted by molar-refractivity contribution is -0.274. The van der Waals surface area contributed by atoms with Crippen molar-refractivity contribution in [2.75, 3.05) is 17.7 Å². The number of urea groups is 1. The highest BCUT2D eigenvalue weighted by Crippen LogP contribution is 2.31. The van der Waals surface area contributed by atoms with Crippen LogP contribution < -0.4 is 15.0 Å². The summed E-state index contributed by atoms with van der Waals surface area (Å²) in [5.41, 5.74) is 4.81. The Balaban J connectivity index is 1.24. The number of amidine groups is 1. The number of ether oxygens (including phenoxy) is 1. The van der Waals surface area contributed by atoms with Crippen LogP contribution in [0.1, 0.15) is 37.0 Å². The molecule has 11 nitrogen and oxygen atoms in total. The molecule has 49 heavy (non-hydrogen) atoms. The first-order valence-corrected chi connectivity index (χ1v) is 16.3. The van der Waals surface area contributed by atoms with Crippen LogP contribution in [0.2, 0.25) is 0 Å². The number of anilines is 1. The normalized spacial score (nSPS) is 14.6. The van der Waals surface area contributed by atoms with Crippen molar-refractivity contribution in [3.63, 3.8) is 0 Å². The van der Waals surface area contributed by atoms with E-state index in [1.165, 1.54) is 63.8 Å². The highest BCUT2D eigenvalue weighted by Gasteiger charge is 2.33. The molecule has 1 unspecified atom stereocenters. The maximum Gasteiger partial charge on any atom is 0.573 e. The minimum atomic E-state index is -4.78. The number of aliphatic imine (C=N–C) groups is 1. The van der Waals surface area contributed by atoms with Crippen LogP contribution in [-0.2, 0) is 22.4 Å². The van der Waals surface area contributed by atoms with Gasteiger partial charge in [-0.2, -0.15) is 4.99 Å². The lowest BCUT2D eigenvalue weighted by Gasteiger charge is -2.27. The molecular weight excluding hydrogens is 659 g/mol. The lowest BCUT2D eigenvalue weighted by atomic mass is 10.1. The van der Waals surface area contributed by atoms with Gasteiger partial charge in [0.2, 0.25) is 11.8 Å². The third-order valence-corrected chi connectivity index (χ3v) is 8.75. The van der Waals surface area contributed by atoms with Gasteiger partial charge in [0, 0.05) is 19.5 Å². The van der Waals surface area contributed by atoms with Crippen molar-refractivity contribution in [1.29, 1.82) is 0 Å². The van der Waals surface area contributed by atoms with E-state index in [2.05, 4.69) is 25.1 Å². The Bertz CT molecular complexity index is 1860. The fraction of sp³-hybridized carbons (Fsp3) is 0.294. The number of carbonyl (C=O) groups is 3. The first-order valence-electron chi connectivity index (χ1n) is 15.4. The Morgan fingerprint density at radius 2 is 1.82 bits per heavy atom. The molecule has 1 saturated heterocycles. The minimum Gasteiger partial charge on any atom is -0.406 e. The summed E-state index contributed by atoms with van der Waals surface area (Å²) in [7, 11) is 1.60. The molecule has 1 aromatic heterocycles. The zero-order valence-electron chi connectivity index (χ0n) is 27.2. The number of halogens is 3. The summed E-state index contributed by atoms with van der Waals surface area (Å²) in [5.74, 6) is -0.155.